The molecule has 12 rings (SSSR count). The molecule has 5 aliphatic heterocycles. The van der Waals surface area contributed by atoms with E-state index in [9.17, 15) is 103 Å². The molecule has 17 nitrogen and oxygen atoms in total. The maximum atomic E-state index is 14.2. The van der Waals surface area contributed by atoms with Gasteiger partial charge in [-0.3, -0.25) is 4.90 Å². The number of alkyl halides is 18. The molecule has 5 saturated heterocycles. The minimum atomic E-state index is -5.04. The first-order valence-corrected chi connectivity index (χ1v) is 40.0. The van der Waals surface area contributed by atoms with E-state index in [4.69, 9.17) is 28.4 Å². The summed E-state index contributed by atoms with van der Waals surface area (Å²) in [7, 11) is -1.62. The van der Waals surface area contributed by atoms with Crippen LogP contribution in [0.3, 0.4) is 0 Å². The quantitative estimate of drug-likeness (QED) is 0.0225. The van der Waals surface area contributed by atoms with Crippen molar-refractivity contribution in [1.29, 1.82) is 0 Å². The van der Waals surface area contributed by atoms with Crippen molar-refractivity contribution in [1.82, 2.24) is 30.9 Å². The summed E-state index contributed by atoms with van der Waals surface area (Å²) in [5.74, 6) is 0. The fraction of sp³-hybridized carbons (Fsp3) is 0.465. The molecule has 6 N–H and O–H groups in total. The molecule has 122 heavy (non-hydrogen) atoms. The Labute approximate surface area is 695 Å². The third-order valence-electron chi connectivity index (χ3n) is 22.6. The van der Waals surface area contributed by atoms with E-state index in [1.807, 2.05) is 60.7 Å². The lowest BCUT2D eigenvalue weighted by Crippen LogP contribution is -2.67. The number of aliphatic hydroxyl groups excluding tert-OH is 1. The molecule has 7 aromatic carbocycles. The van der Waals surface area contributed by atoms with Crippen LogP contribution in [0.25, 0.3) is 0 Å². The lowest BCUT2D eigenvalue weighted by atomic mass is 9.74. The molecule has 0 bridgehead atoms. The second-order valence-corrected chi connectivity index (χ2v) is 34.1. The maximum absolute atomic E-state index is 14.2. The minimum Gasteiger partial charge on any atom is -0.449 e. The summed E-state index contributed by atoms with van der Waals surface area (Å²) in [6, 6.07) is 40.2. The molecule has 2 spiro atoms. The van der Waals surface area contributed by atoms with Crippen molar-refractivity contribution in [3.8, 4) is 0 Å². The number of amides is 3. The van der Waals surface area contributed by atoms with Crippen LogP contribution in [-0.2, 0) is 99.7 Å². The zero-order valence-corrected chi connectivity index (χ0v) is 67.6. The highest BCUT2D eigenvalue weighted by molar-refractivity contribution is 7.84. The fourth-order valence-electron chi connectivity index (χ4n) is 15.3. The van der Waals surface area contributed by atoms with Crippen molar-refractivity contribution < 1.29 is 131 Å². The normalized spacial score (nSPS) is 24.0. The topological polar surface area (TPSA) is 207 Å². The number of aliphatic hydroxyl groups is 1. The monoisotopic (exact) mass is 1760 g/mol. The molecule has 3 amide bonds. The molecule has 10 atom stereocenters. The van der Waals surface area contributed by atoms with E-state index >= 15 is 0 Å². The lowest BCUT2D eigenvalue weighted by molar-refractivity contribution is -0.145. The lowest BCUT2D eigenvalue weighted by Gasteiger charge is -2.54. The standard InChI is InChI=1S/C36H42F6N2O5S.C25H26F6N2O3.C25H24F6N2O3/c1-25(27-19-29(35(37,38)39)21-30(20-27)36(40,41)42)49-24-34(28-13-9-6-10-14-28)16-15-33(17-18-45,43-50(47)32(2,3)4)23-44(34)31(46)48-22-26-11-7-5-8-12-26;2*1-16(17-11-19(24(26,27)28)13-20(12-17)25(29,30)31)36-15-23(18-5-3-2-4-6-18)8-7-22(14-32-23)9-10-35-21(34)33-22/h5-14,19-21,25,43,45H,15-18,22-24H2,1-4H3;2-6,11-13,16,32H,7-10,14-15H2,1H3,(H,33,34);2-6,11-13,16,32H,1,7-10,14-15H2/p+1/t25-,33?,34-,50?;16-,22+,23-;16-,22-,23-/m111/s1. The van der Waals surface area contributed by atoms with Crippen LogP contribution in [0.15, 0.2) is 176 Å². The molecular weight excluding hydrogens is 1670 g/mol. The highest BCUT2D eigenvalue weighted by Gasteiger charge is 2.55. The van der Waals surface area contributed by atoms with E-state index in [-0.39, 0.29) is 107 Å². The van der Waals surface area contributed by atoms with Crippen molar-refractivity contribution in [3.63, 3.8) is 0 Å². The Balaban J connectivity index is 0.000000196. The first-order chi connectivity index (χ1) is 56.9. The van der Waals surface area contributed by atoms with Crippen LogP contribution in [0, 0.1) is 6.92 Å². The number of carbonyl (C=O) groups is 3. The van der Waals surface area contributed by atoms with Gasteiger partial charge in [0.05, 0.1) is 135 Å². The smallest absolute Gasteiger partial charge is 0.416 e. The second kappa shape index (κ2) is 37.7. The van der Waals surface area contributed by atoms with E-state index in [0.29, 0.717) is 99.1 Å². The van der Waals surface area contributed by atoms with Gasteiger partial charge in [0, 0.05) is 44.6 Å². The molecule has 664 valence electrons. The van der Waals surface area contributed by atoms with Gasteiger partial charge in [0.2, 0.25) is 6.10 Å². The van der Waals surface area contributed by atoms with Gasteiger partial charge in [-0.25, -0.2) is 23.3 Å². The Morgan fingerprint density at radius 3 is 1.20 bits per heavy atom. The van der Waals surface area contributed by atoms with Gasteiger partial charge < -0.3 is 54.8 Å². The van der Waals surface area contributed by atoms with Gasteiger partial charge in [0.1, 0.15) is 6.61 Å². The first kappa shape index (κ1) is 95.1. The first-order valence-electron chi connectivity index (χ1n) is 38.9. The Morgan fingerprint density at radius 1 is 0.492 bits per heavy atom. The molecule has 36 heteroatoms. The van der Waals surface area contributed by atoms with Crippen LogP contribution in [0.1, 0.15) is 183 Å². The number of piperidine rings is 3. The predicted molar refractivity (Wildman–Crippen MR) is 413 cm³/mol. The minimum absolute atomic E-state index is 0.00367. The molecule has 5 fully saturated rings. The maximum Gasteiger partial charge on any atom is 0.416 e. The summed E-state index contributed by atoms with van der Waals surface area (Å²) in [6.07, 6.45) is -31.4. The van der Waals surface area contributed by atoms with Crippen molar-refractivity contribution in [2.75, 3.05) is 59.3 Å². The number of halogens is 18. The molecule has 2 unspecified atom stereocenters. The zero-order valence-electron chi connectivity index (χ0n) is 66.8. The molecule has 0 radical (unpaired) electrons. The Morgan fingerprint density at radius 2 is 0.852 bits per heavy atom. The van der Waals surface area contributed by atoms with E-state index in [1.165, 1.54) is 18.7 Å². The largest absolute Gasteiger partial charge is 0.449 e. The van der Waals surface area contributed by atoms with Gasteiger partial charge in [0.15, 0.2) is 0 Å². The van der Waals surface area contributed by atoms with Crippen LogP contribution in [-0.4, -0.2) is 113 Å². The third kappa shape index (κ3) is 23.8. The van der Waals surface area contributed by atoms with Crippen LogP contribution >= 0.6 is 0 Å². The number of likely N-dealkylation sites (tertiary alicyclic amines) is 1. The molecule has 5 aliphatic rings. The number of ether oxygens (including phenoxy) is 6. The number of hydrogen-bond donors (Lipinski definition) is 6. The third-order valence-corrected chi connectivity index (χ3v) is 24.3. The number of nitrogens with one attached hydrogen (secondary N) is 5. The Hall–Kier alpha value is -9.17. The van der Waals surface area contributed by atoms with E-state index in [2.05, 4.69) is 32.9 Å². The fourth-order valence-corrected chi connectivity index (χ4v) is 16.3. The molecule has 5 heterocycles. The van der Waals surface area contributed by atoms with Crippen molar-refractivity contribution >= 4 is 29.3 Å². The number of nitrogens with zero attached hydrogens (tertiary/aromatic N) is 1. The molecule has 7 aromatic rings. The number of hydrogen-bond acceptors (Lipinski definition) is 13. The van der Waals surface area contributed by atoms with Gasteiger partial charge in [-0.15, -0.1) is 0 Å². The number of alkyl carbamates (subject to hydrolysis) is 2. The van der Waals surface area contributed by atoms with Gasteiger partial charge in [0.25, 0.3) is 0 Å². The summed E-state index contributed by atoms with van der Waals surface area (Å²) >= 11 is 0. The Kier molecular flexibility index (Phi) is 29.4. The Bertz CT molecular complexity index is 4430. The summed E-state index contributed by atoms with van der Waals surface area (Å²) in [6.45, 7) is 12.2. The molecule has 0 aliphatic carbocycles. The molecule has 0 saturated carbocycles. The van der Waals surface area contributed by atoms with Crippen LogP contribution in [0.4, 0.5) is 93.4 Å². The van der Waals surface area contributed by atoms with E-state index < -0.39 is 156 Å². The summed E-state index contributed by atoms with van der Waals surface area (Å²) < 4.78 is 291. The summed E-state index contributed by atoms with van der Waals surface area (Å²) in [5, 5.41) is 22.7. The second-order valence-electron chi connectivity index (χ2n) is 32.2. The molecular formula is C86H93F18N6O11S+. The average molecular weight is 1760 g/mol. The SMILES string of the molecule is C[C@@H](OC[C@@]1(c2ccccc2)CCC(CCO)(NS(=O)C(C)(C)C)CN1C(=O)OCc1ccccc1)c1cc(C(F)(F)F)cc(C(F)(F)F)c1.C[C@@H](OC[C@@]1(c2ccccc2)CC[C@]2(CCOC(=O)N2)CN1)c1cc(C(F)(F)F)cc(C(F)(F)F)c1.[CH2+][C@@H](OC[C@@]1(c2ccccc2)CC[C@@]2(CCOC(=O)N2)CN1)c1cc(C(F)(F)F)cc(C(F)(F)F)c1. The van der Waals surface area contributed by atoms with E-state index in [1.54, 1.807) is 81.4 Å². The highest BCUT2D eigenvalue weighted by atomic mass is 32.2. The number of rotatable bonds is 21. The van der Waals surface area contributed by atoms with Crippen LogP contribution in [0.5, 0.6) is 0 Å². The van der Waals surface area contributed by atoms with Crippen molar-refractivity contribution in [3.05, 3.63) is 255 Å². The van der Waals surface area contributed by atoms with Gasteiger partial charge in [-0.1, -0.05) is 121 Å². The number of carbonyl (C=O) groups excluding carboxylic acids is 3. The summed E-state index contributed by atoms with van der Waals surface area (Å²) in [5.41, 5.74) is -11.4. The van der Waals surface area contributed by atoms with Crippen LogP contribution < -0.4 is 26.0 Å². The van der Waals surface area contributed by atoms with Gasteiger partial charge >= 0.3 is 55.3 Å². The highest BCUT2D eigenvalue weighted by Crippen LogP contribution is 2.48. The molecule has 0 aromatic heterocycles. The number of benzene rings is 7. The van der Waals surface area contributed by atoms with Gasteiger partial charge in [-0.2, -0.15) is 79.0 Å². The van der Waals surface area contributed by atoms with Crippen molar-refractivity contribution in [2.24, 2.45) is 0 Å². The zero-order chi connectivity index (χ0) is 89.3. The van der Waals surface area contributed by atoms with Crippen molar-refractivity contribution in [2.45, 2.75) is 192 Å². The average Bonchev–Trinajstić information content (AvgIpc) is 0.738. The predicted octanol–water partition coefficient (Wildman–Crippen LogP) is 20.0. The van der Waals surface area contributed by atoms with Crippen LogP contribution in [0.2, 0.25) is 0 Å². The number of cyclic esters (lactones) is 2. The van der Waals surface area contributed by atoms with E-state index in [0.717, 1.165) is 11.1 Å². The van der Waals surface area contributed by atoms with Gasteiger partial charge in [-0.05, 0) is 168 Å². The summed E-state index contributed by atoms with van der Waals surface area (Å²) in [4.78, 5) is 39.2.